The van der Waals surface area contributed by atoms with Gasteiger partial charge >= 0.3 is 18.3 Å². The Bertz CT molecular complexity index is 1200. The average Bonchev–Trinajstić information content (AvgIpc) is 3.24. The molecular weight excluding hydrogens is 547 g/mol. The maximum atomic E-state index is 14.1. The van der Waals surface area contributed by atoms with Crippen LogP contribution in [0.2, 0.25) is 0 Å². The first-order valence-corrected chi connectivity index (χ1v) is 12.4. The van der Waals surface area contributed by atoms with Crippen molar-refractivity contribution in [3.63, 3.8) is 0 Å². The zero-order chi connectivity index (χ0) is 30.0. The highest BCUT2D eigenvalue weighted by molar-refractivity contribution is 5.76. The Labute approximate surface area is 227 Å². The van der Waals surface area contributed by atoms with Crippen molar-refractivity contribution in [1.82, 2.24) is 30.1 Å². The fraction of sp³-hybridized carbons (Fsp3) is 0.667. The molecule has 11 nitrogen and oxygen atoms in total. The molecule has 2 aromatic rings. The largest absolute Gasteiger partial charge is 0.444 e. The molecule has 3 rings (SSSR count). The van der Waals surface area contributed by atoms with Crippen LogP contribution >= 0.6 is 0 Å². The van der Waals surface area contributed by atoms with E-state index >= 15 is 0 Å². The van der Waals surface area contributed by atoms with Crippen molar-refractivity contribution in [2.24, 2.45) is 0 Å². The van der Waals surface area contributed by atoms with E-state index in [2.05, 4.69) is 20.7 Å². The van der Waals surface area contributed by atoms with Crippen LogP contribution in [0.1, 0.15) is 58.0 Å². The number of halogens is 5. The molecule has 1 saturated heterocycles. The van der Waals surface area contributed by atoms with Crippen molar-refractivity contribution in [3.8, 4) is 0 Å². The number of rotatable bonds is 9. The minimum atomic E-state index is -4.64. The zero-order valence-corrected chi connectivity index (χ0v) is 22.9. The SMILES string of the molecule is COC[C@H](c1cnn2cc([C@@H](NC(=O)OC(C)(C)C)[C@@H](C)O[C@H](C)C(F)(F)F)nc2c1)N1CC(F)(F)CNC1=O. The summed E-state index contributed by atoms with van der Waals surface area (Å²) in [6.45, 7) is 5.30. The molecule has 3 amide bonds. The number of nitrogens with zero attached hydrogens (tertiary/aromatic N) is 4. The van der Waals surface area contributed by atoms with Crippen LogP contribution in [-0.2, 0) is 14.2 Å². The number of nitrogens with one attached hydrogen (secondary N) is 2. The molecule has 2 aromatic heterocycles. The summed E-state index contributed by atoms with van der Waals surface area (Å²) in [6.07, 6.45) is -6.19. The van der Waals surface area contributed by atoms with Gasteiger partial charge in [-0.1, -0.05) is 0 Å². The van der Waals surface area contributed by atoms with Gasteiger partial charge in [-0.05, 0) is 40.7 Å². The van der Waals surface area contributed by atoms with Gasteiger partial charge in [0, 0.05) is 12.7 Å². The molecule has 0 aliphatic carbocycles. The van der Waals surface area contributed by atoms with E-state index in [9.17, 15) is 31.5 Å². The molecule has 0 unspecified atom stereocenters. The van der Waals surface area contributed by atoms with Gasteiger partial charge in [-0.3, -0.25) is 0 Å². The van der Waals surface area contributed by atoms with Crippen molar-refractivity contribution >= 4 is 17.8 Å². The molecule has 0 aromatic carbocycles. The third-order valence-electron chi connectivity index (χ3n) is 5.95. The molecule has 0 bridgehead atoms. The number of alkyl halides is 5. The summed E-state index contributed by atoms with van der Waals surface area (Å²) in [5, 5.41) is 8.89. The van der Waals surface area contributed by atoms with Gasteiger partial charge in [0.2, 0.25) is 0 Å². The molecule has 1 fully saturated rings. The number of alkyl carbamates (subject to hydrolysis) is 1. The van der Waals surface area contributed by atoms with Gasteiger partial charge in [0.1, 0.15) is 11.6 Å². The summed E-state index contributed by atoms with van der Waals surface area (Å²) in [7, 11) is 1.35. The maximum absolute atomic E-state index is 14.1. The minimum absolute atomic E-state index is 0.0999. The number of hydrogen-bond donors (Lipinski definition) is 2. The second-order valence-corrected chi connectivity index (χ2v) is 10.5. The Morgan fingerprint density at radius 1 is 1.25 bits per heavy atom. The molecule has 0 spiro atoms. The van der Waals surface area contributed by atoms with Crippen LogP contribution in [0.5, 0.6) is 0 Å². The van der Waals surface area contributed by atoms with Crippen LogP contribution in [0, 0.1) is 0 Å². The number of hydrogen-bond acceptors (Lipinski definition) is 7. The molecule has 1 aliphatic heterocycles. The molecule has 0 saturated carbocycles. The number of methoxy groups -OCH3 is 1. The van der Waals surface area contributed by atoms with Gasteiger partial charge < -0.3 is 29.7 Å². The molecule has 40 heavy (non-hydrogen) atoms. The Balaban J connectivity index is 1.96. The van der Waals surface area contributed by atoms with Gasteiger partial charge in [0.05, 0.1) is 49.9 Å². The molecular formula is C24H33F5N6O5. The normalized spacial score (nSPS) is 19.1. The fourth-order valence-electron chi connectivity index (χ4n) is 4.05. The van der Waals surface area contributed by atoms with Gasteiger partial charge in [-0.15, -0.1) is 0 Å². The molecule has 2 N–H and O–H groups in total. The Morgan fingerprint density at radius 3 is 2.52 bits per heavy atom. The van der Waals surface area contributed by atoms with Crippen molar-refractivity contribution in [3.05, 3.63) is 29.7 Å². The summed E-state index contributed by atoms with van der Waals surface area (Å²) in [5.74, 6) is -3.16. The summed E-state index contributed by atoms with van der Waals surface area (Å²) in [5.41, 5.74) is -0.292. The summed E-state index contributed by atoms with van der Waals surface area (Å²) in [6, 6.07) is -1.36. The first kappa shape index (κ1) is 31.3. The van der Waals surface area contributed by atoms with Crippen LogP contribution in [0.15, 0.2) is 18.5 Å². The summed E-state index contributed by atoms with van der Waals surface area (Å²) < 4.78 is 84.6. The van der Waals surface area contributed by atoms with Crippen molar-refractivity contribution in [1.29, 1.82) is 0 Å². The quantitative estimate of drug-likeness (QED) is 0.431. The fourth-order valence-corrected chi connectivity index (χ4v) is 4.05. The smallest absolute Gasteiger partial charge is 0.414 e. The van der Waals surface area contributed by atoms with Crippen LogP contribution in [0.3, 0.4) is 0 Å². The van der Waals surface area contributed by atoms with Crippen LogP contribution in [-0.4, -0.2) is 88.3 Å². The van der Waals surface area contributed by atoms with Gasteiger partial charge in [-0.25, -0.2) is 27.9 Å². The van der Waals surface area contributed by atoms with Crippen molar-refractivity contribution in [2.75, 3.05) is 26.8 Å². The monoisotopic (exact) mass is 580 g/mol. The van der Waals surface area contributed by atoms with E-state index in [1.54, 1.807) is 20.8 Å². The number of urea groups is 1. The lowest BCUT2D eigenvalue weighted by atomic mass is 10.1. The lowest BCUT2D eigenvalue weighted by Gasteiger charge is -2.38. The van der Waals surface area contributed by atoms with Gasteiger partial charge in [-0.2, -0.15) is 18.3 Å². The number of ether oxygens (including phenoxy) is 3. The molecule has 1 aliphatic rings. The predicted molar refractivity (Wildman–Crippen MR) is 131 cm³/mol. The van der Waals surface area contributed by atoms with Gasteiger partial charge in [0.15, 0.2) is 11.8 Å². The topological polar surface area (TPSA) is 119 Å². The number of carbonyl (C=O) groups is 2. The highest BCUT2D eigenvalue weighted by Gasteiger charge is 2.43. The second-order valence-electron chi connectivity index (χ2n) is 10.5. The Morgan fingerprint density at radius 2 is 1.93 bits per heavy atom. The highest BCUT2D eigenvalue weighted by Crippen LogP contribution is 2.30. The van der Waals surface area contributed by atoms with E-state index in [-0.39, 0.29) is 17.9 Å². The van der Waals surface area contributed by atoms with E-state index in [0.717, 1.165) is 11.8 Å². The first-order valence-electron chi connectivity index (χ1n) is 12.4. The number of amides is 3. The van der Waals surface area contributed by atoms with Crippen LogP contribution in [0.4, 0.5) is 31.5 Å². The standard InChI is InChI=1S/C24H33F5N6O5/c1-13(39-14(2)24(27,28)29)19(33-21(37)40-22(3,4)5)16-9-35-18(32-16)7-15(8-31-35)17(10-38-6)34-12-23(25,26)11-30-20(34)36/h7-9,13-14,17,19H,10-12H2,1-6H3,(H,30,36)(H,33,37)/t13-,14-,17-,19+/m1/s1. The zero-order valence-electron chi connectivity index (χ0n) is 22.9. The van der Waals surface area contributed by atoms with Crippen LogP contribution < -0.4 is 10.6 Å². The van der Waals surface area contributed by atoms with E-state index in [4.69, 9.17) is 14.2 Å². The number of carbonyl (C=O) groups excluding carboxylic acids is 2. The first-order chi connectivity index (χ1) is 18.4. The lowest BCUT2D eigenvalue weighted by Crippen LogP contribution is -2.58. The van der Waals surface area contributed by atoms with Gasteiger partial charge in [0.25, 0.3) is 5.92 Å². The number of fused-ring (bicyclic) bond motifs is 1. The van der Waals surface area contributed by atoms with Crippen molar-refractivity contribution in [2.45, 2.75) is 76.6 Å². The highest BCUT2D eigenvalue weighted by atomic mass is 19.4. The summed E-state index contributed by atoms with van der Waals surface area (Å²) >= 11 is 0. The third kappa shape index (κ3) is 7.90. The lowest BCUT2D eigenvalue weighted by molar-refractivity contribution is -0.227. The number of aromatic nitrogens is 3. The Kier molecular flexibility index (Phi) is 9.13. The maximum Gasteiger partial charge on any atom is 0.414 e. The summed E-state index contributed by atoms with van der Waals surface area (Å²) in [4.78, 5) is 30.3. The molecule has 16 heteroatoms. The third-order valence-corrected chi connectivity index (χ3v) is 5.95. The predicted octanol–water partition coefficient (Wildman–Crippen LogP) is 4.00. The van der Waals surface area contributed by atoms with E-state index in [1.807, 2.05) is 0 Å². The number of imidazole rings is 1. The second kappa shape index (κ2) is 11.7. The molecule has 3 heterocycles. The molecule has 4 atom stereocenters. The molecule has 0 radical (unpaired) electrons. The van der Waals surface area contributed by atoms with E-state index in [0.29, 0.717) is 5.56 Å². The van der Waals surface area contributed by atoms with Crippen LogP contribution in [0.25, 0.3) is 5.65 Å². The minimum Gasteiger partial charge on any atom is -0.444 e. The average molecular weight is 581 g/mol. The molecule has 224 valence electrons. The van der Waals surface area contributed by atoms with Crippen molar-refractivity contribution < 1.29 is 45.8 Å². The van der Waals surface area contributed by atoms with E-state index in [1.165, 1.54) is 37.0 Å². The van der Waals surface area contributed by atoms with E-state index < -0.39 is 67.2 Å². The Hall–Kier alpha value is -3.27.